The van der Waals surface area contributed by atoms with E-state index in [0.29, 0.717) is 6.04 Å². The molecule has 3 heterocycles. The highest BCUT2D eigenvalue weighted by Gasteiger charge is 2.39. The third kappa shape index (κ3) is 2.10. The molecule has 4 nitrogen and oxygen atoms in total. The van der Waals surface area contributed by atoms with E-state index in [1.54, 1.807) is 0 Å². The maximum Gasteiger partial charge on any atom is 0.133 e. The topological polar surface area (TPSA) is 34.0 Å². The zero-order chi connectivity index (χ0) is 13.5. The highest BCUT2D eigenvalue weighted by atomic mass is 15.3. The lowest BCUT2D eigenvalue weighted by atomic mass is 9.93. The van der Waals surface area contributed by atoms with Gasteiger partial charge in [-0.2, -0.15) is 0 Å². The predicted molar refractivity (Wildman–Crippen MR) is 78.5 cm³/mol. The number of likely N-dealkylation sites (tertiary alicyclic amines) is 1. The average Bonchev–Trinajstić information content (AvgIpc) is 3.03. The number of aromatic nitrogens is 3. The van der Waals surface area contributed by atoms with Crippen LogP contribution in [0, 0.1) is 18.8 Å². The average molecular weight is 272 g/mol. The van der Waals surface area contributed by atoms with Crippen molar-refractivity contribution in [2.75, 3.05) is 19.6 Å². The third-order valence-electron chi connectivity index (χ3n) is 5.38. The van der Waals surface area contributed by atoms with Gasteiger partial charge in [-0.1, -0.05) is 12.2 Å². The molecule has 1 aromatic heterocycles. The Labute approximate surface area is 120 Å². The Morgan fingerprint density at radius 2 is 2.15 bits per heavy atom. The molecule has 0 N–H and O–H groups in total. The minimum absolute atomic E-state index is 0.632. The van der Waals surface area contributed by atoms with Crippen molar-refractivity contribution in [1.82, 2.24) is 19.7 Å². The number of fused-ring (bicyclic) bond motifs is 3. The molecule has 1 saturated heterocycles. The van der Waals surface area contributed by atoms with E-state index in [9.17, 15) is 0 Å². The van der Waals surface area contributed by atoms with Gasteiger partial charge in [-0.25, -0.2) is 0 Å². The van der Waals surface area contributed by atoms with Crippen LogP contribution in [0.4, 0.5) is 0 Å². The number of rotatable bonds is 2. The van der Waals surface area contributed by atoms with Gasteiger partial charge in [0.05, 0.1) is 6.04 Å². The Balaban J connectivity index is 1.47. The lowest BCUT2D eigenvalue weighted by molar-refractivity contribution is 0.255. The minimum atomic E-state index is 0.632. The fourth-order valence-electron chi connectivity index (χ4n) is 4.38. The molecule has 108 valence electrons. The normalized spacial score (nSPS) is 33.1. The fraction of sp³-hybridized carbons (Fsp3) is 0.750. The number of aryl methyl sites for hydroxylation is 2. The van der Waals surface area contributed by atoms with Crippen LogP contribution < -0.4 is 0 Å². The van der Waals surface area contributed by atoms with E-state index in [0.717, 1.165) is 24.1 Å². The molecule has 0 saturated carbocycles. The quantitative estimate of drug-likeness (QED) is 0.775. The van der Waals surface area contributed by atoms with E-state index >= 15 is 0 Å². The summed E-state index contributed by atoms with van der Waals surface area (Å²) in [4.78, 5) is 2.70. The second-order valence-corrected chi connectivity index (χ2v) is 6.77. The van der Waals surface area contributed by atoms with Gasteiger partial charge in [0, 0.05) is 26.1 Å². The van der Waals surface area contributed by atoms with Gasteiger partial charge in [0.1, 0.15) is 11.6 Å². The molecule has 0 radical (unpaired) electrons. The molecule has 1 unspecified atom stereocenters. The van der Waals surface area contributed by atoms with Gasteiger partial charge in [-0.15, -0.1) is 10.2 Å². The molecule has 1 aliphatic carbocycles. The first kappa shape index (κ1) is 12.6. The summed E-state index contributed by atoms with van der Waals surface area (Å²) < 4.78 is 2.43. The summed E-state index contributed by atoms with van der Waals surface area (Å²) in [6.07, 6.45) is 11.1. The summed E-state index contributed by atoms with van der Waals surface area (Å²) in [6, 6.07) is 0.632. The predicted octanol–water partition coefficient (Wildman–Crippen LogP) is 2.36. The second kappa shape index (κ2) is 4.99. The Morgan fingerprint density at radius 1 is 1.20 bits per heavy atom. The molecule has 1 aromatic rings. The zero-order valence-corrected chi connectivity index (χ0v) is 12.3. The molecule has 20 heavy (non-hydrogen) atoms. The van der Waals surface area contributed by atoms with Gasteiger partial charge >= 0.3 is 0 Å². The van der Waals surface area contributed by atoms with E-state index < -0.39 is 0 Å². The summed E-state index contributed by atoms with van der Waals surface area (Å²) in [5.41, 5.74) is 0. The number of hydrogen-bond donors (Lipinski definition) is 0. The van der Waals surface area contributed by atoms with Crippen LogP contribution in [0.25, 0.3) is 0 Å². The summed E-state index contributed by atoms with van der Waals surface area (Å²) in [5, 5.41) is 8.63. The maximum absolute atomic E-state index is 4.34. The van der Waals surface area contributed by atoms with Crippen molar-refractivity contribution in [3.63, 3.8) is 0 Å². The molecule has 0 spiro atoms. The molecular weight excluding hydrogens is 248 g/mol. The van der Waals surface area contributed by atoms with Crippen molar-refractivity contribution >= 4 is 0 Å². The SMILES string of the molecule is Cc1nnc2n1[C@H]1CN(CC3CC=CCC3)C[C@H]1CC2. The van der Waals surface area contributed by atoms with Gasteiger partial charge in [-0.05, 0) is 44.4 Å². The second-order valence-electron chi connectivity index (χ2n) is 6.77. The Morgan fingerprint density at radius 3 is 3.00 bits per heavy atom. The first-order chi connectivity index (χ1) is 9.81. The van der Waals surface area contributed by atoms with Gasteiger partial charge in [0.15, 0.2) is 0 Å². The summed E-state index contributed by atoms with van der Waals surface area (Å²) >= 11 is 0. The van der Waals surface area contributed by atoms with Crippen LogP contribution in [0.1, 0.15) is 43.4 Å². The van der Waals surface area contributed by atoms with Gasteiger partial charge in [0.2, 0.25) is 0 Å². The van der Waals surface area contributed by atoms with E-state index in [4.69, 9.17) is 0 Å². The molecule has 0 bridgehead atoms. The first-order valence-electron chi connectivity index (χ1n) is 8.09. The highest BCUT2D eigenvalue weighted by molar-refractivity contribution is 5.06. The summed E-state index contributed by atoms with van der Waals surface area (Å²) in [5.74, 6) is 4.02. The summed E-state index contributed by atoms with van der Waals surface area (Å²) in [7, 11) is 0. The van der Waals surface area contributed by atoms with E-state index in [1.807, 2.05) is 0 Å². The smallest absolute Gasteiger partial charge is 0.133 e. The van der Waals surface area contributed by atoms with E-state index in [1.165, 1.54) is 51.1 Å². The monoisotopic (exact) mass is 272 g/mol. The lowest BCUT2D eigenvalue weighted by Gasteiger charge is -2.27. The zero-order valence-electron chi connectivity index (χ0n) is 12.3. The van der Waals surface area contributed by atoms with E-state index in [-0.39, 0.29) is 0 Å². The van der Waals surface area contributed by atoms with Crippen LogP contribution >= 0.6 is 0 Å². The Bertz CT molecular complexity index is 519. The van der Waals surface area contributed by atoms with Crippen LogP contribution in [0.2, 0.25) is 0 Å². The molecule has 3 atom stereocenters. The van der Waals surface area contributed by atoms with Crippen LogP contribution in [-0.2, 0) is 6.42 Å². The number of hydrogen-bond acceptors (Lipinski definition) is 3. The number of allylic oxidation sites excluding steroid dienone is 2. The molecule has 4 rings (SSSR count). The molecule has 3 aliphatic rings. The van der Waals surface area contributed by atoms with Gasteiger partial charge in [-0.3, -0.25) is 0 Å². The van der Waals surface area contributed by atoms with Crippen molar-refractivity contribution < 1.29 is 0 Å². The maximum atomic E-state index is 4.34. The molecule has 0 amide bonds. The van der Waals surface area contributed by atoms with Crippen LogP contribution in [0.5, 0.6) is 0 Å². The summed E-state index contributed by atoms with van der Waals surface area (Å²) in [6.45, 7) is 5.88. The van der Waals surface area contributed by atoms with Gasteiger partial charge < -0.3 is 9.47 Å². The minimum Gasteiger partial charge on any atom is -0.310 e. The molecule has 0 aromatic carbocycles. The third-order valence-corrected chi connectivity index (χ3v) is 5.38. The van der Waals surface area contributed by atoms with Crippen LogP contribution in [0.3, 0.4) is 0 Å². The lowest BCUT2D eigenvalue weighted by Crippen LogP contribution is -2.28. The fourth-order valence-corrected chi connectivity index (χ4v) is 4.38. The molecule has 1 fully saturated rings. The van der Waals surface area contributed by atoms with E-state index in [2.05, 4.69) is 38.7 Å². The highest BCUT2D eigenvalue weighted by Crippen LogP contribution is 2.37. The Kier molecular flexibility index (Phi) is 3.14. The van der Waals surface area contributed by atoms with Crippen LogP contribution in [0.15, 0.2) is 12.2 Å². The van der Waals surface area contributed by atoms with Crippen molar-refractivity contribution in [1.29, 1.82) is 0 Å². The van der Waals surface area contributed by atoms with Crippen molar-refractivity contribution in [2.45, 2.75) is 45.1 Å². The molecule has 2 aliphatic heterocycles. The van der Waals surface area contributed by atoms with Gasteiger partial charge in [0.25, 0.3) is 0 Å². The molecular formula is C16H24N4. The van der Waals surface area contributed by atoms with Crippen molar-refractivity contribution in [2.24, 2.45) is 11.8 Å². The molecule has 4 heteroatoms. The van der Waals surface area contributed by atoms with Crippen molar-refractivity contribution in [3.05, 3.63) is 23.8 Å². The largest absolute Gasteiger partial charge is 0.310 e. The first-order valence-corrected chi connectivity index (χ1v) is 8.09. The standard InChI is InChI=1S/C16H24N4/c1-12-17-18-16-8-7-14-10-19(11-15(14)20(12)16)9-13-5-3-2-4-6-13/h2-3,13-15H,4-11H2,1H3/t13?,14-,15+/m1/s1. The Hall–Kier alpha value is -1.16. The number of nitrogens with zero attached hydrogens (tertiary/aromatic N) is 4. The van der Waals surface area contributed by atoms with Crippen LogP contribution in [-0.4, -0.2) is 39.3 Å². The van der Waals surface area contributed by atoms with Crippen molar-refractivity contribution in [3.8, 4) is 0 Å².